The third-order valence-corrected chi connectivity index (χ3v) is 3.95. The Morgan fingerprint density at radius 3 is 2.70 bits per heavy atom. The largest absolute Gasteiger partial charge is 0.486 e. The summed E-state index contributed by atoms with van der Waals surface area (Å²) in [5, 5.41) is 13.9. The molecule has 1 unspecified atom stereocenters. The molecule has 0 saturated carbocycles. The summed E-state index contributed by atoms with van der Waals surface area (Å²) in [4.78, 5) is 0. The van der Waals surface area contributed by atoms with E-state index in [1.807, 2.05) is 30.3 Å². The van der Waals surface area contributed by atoms with Crippen LogP contribution in [0.3, 0.4) is 0 Å². The molecule has 2 aromatic rings. The lowest BCUT2D eigenvalue weighted by atomic mass is 10.2. The number of ether oxygens (including phenoxy) is 1. The van der Waals surface area contributed by atoms with E-state index in [4.69, 9.17) is 4.74 Å². The van der Waals surface area contributed by atoms with Crippen molar-refractivity contribution in [3.63, 3.8) is 0 Å². The van der Waals surface area contributed by atoms with Gasteiger partial charge in [0.25, 0.3) is 0 Å². The number of hydrogen-bond donors (Lipinski definition) is 1. The number of para-hydroxylation sites is 1. The van der Waals surface area contributed by atoms with Crippen LogP contribution in [0.25, 0.3) is 0 Å². The van der Waals surface area contributed by atoms with Gasteiger partial charge >= 0.3 is 0 Å². The molecular formula is C15H21N3OS. The molecule has 0 fully saturated rings. The quantitative estimate of drug-likeness (QED) is 0.807. The van der Waals surface area contributed by atoms with Crippen LogP contribution in [0.4, 0.5) is 0 Å². The van der Waals surface area contributed by atoms with Gasteiger partial charge in [-0.05, 0) is 31.5 Å². The summed E-state index contributed by atoms with van der Waals surface area (Å²) in [7, 11) is 0. The number of aromatic nitrogens is 2. The summed E-state index contributed by atoms with van der Waals surface area (Å²) in [5.41, 5.74) is 0. The second-order valence-corrected chi connectivity index (χ2v) is 5.64. The Morgan fingerprint density at radius 2 is 2.00 bits per heavy atom. The van der Waals surface area contributed by atoms with Gasteiger partial charge in [-0.1, -0.05) is 43.4 Å². The monoisotopic (exact) mass is 291 g/mol. The van der Waals surface area contributed by atoms with Gasteiger partial charge < -0.3 is 10.1 Å². The van der Waals surface area contributed by atoms with Crippen LogP contribution < -0.4 is 10.1 Å². The molecule has 0 spiro atoms. The van der Waals surface area contributed by atoms with Crippen molar-refractivity contribution in [2.75, 3.05) is 6.54 Å². The smallest absolute Gasteiger partial charge is 0.155 e. The number of rotatable bonds is 8. The second-order valence-electron chi connectivity index (χ2n) is 4.55. The fourth-order valence-electron chi connectivity index (χ4n) is 1.85. The first-order chi connectivity index (χ1) is 9.83. The molecule has 0 amide bonds. The summed E-state index contributed by atoms with van der Waals surface area (Å²) in [6.07, 6.45) is 2.15. The Labute approximate surface area is 124 Å². The first-order valence-electron chi connectivity index (χ1n) is 7.07. The fraction of sp³-hybridized carbons (Fsp3) is 0.467. The van der Waals surface area contributed by atoms with E-state index in [0.29, 0.717) is 12.6 Å². The molecule has 1 N–H and O–H groups in total. The van der Waals surface area contributed by atoms with Gasteiger partial charge in [-0.25, -0.2) is 0 Å². The Bertz CT molecular complexity index is 501. The number of nitrogens with one attached hydrogen (secondary N) is 1. The minimum atomic E-state index is 0.304. The highest BCUT2D eigenvalue weighted by Crippen LogP contribution is 2.22. The molecule has 2 rings (SSSR count). The second kappa shape index (κ2) is 7.97. The van der Waals surface area contributed by atoms with Crippen LogP contribution in [0.15, 0.2) is 30.3 Å². The third kappa shape index (κ3) is 4.28. The molecule has 4 nitrogen and oxygen atoms in total. The molecule has 108 valence electrons. The Kier molecular flexibility index (Phi) is 5.95. The maximum absolute atomic E-state index is 5.69. The number of hydrogen-bond acceptors (Lipinski definition) is 5. The molecule has 0 bridgehead atoms. The van der Waals surface area contributed by atoms with Crippen LogP contribution in [-0.2, 0) is 6.61 Å². The van der Waals surface area contributed by atoms with Crippen molar-refractivity contribution in [1.82, 2.24) is 15.5 Å². The molecule has 5 heteroatoms. The van der Waals surface area contributed by atoms with Crippen LogP contribution >= 0.6 is 11.3 Å². The van der Waals surface area contributed by atoms with E-state index >= 15 is 0 Å². The Morgan fingerprint density at radius 1 is 1.20 bits per heavy atom. The Balaban J connectivity index is 1.91. The zero-order valence-corrected chi connectivity index (χ0v) is 12.8. The highest BCUT2D eigenvalue weighted by atomic mass is 32.1. The molecule has 1 atom stereocenters. The third-order valence-electron chi connectivity index (χ3n) is 2.94. The molecule has 1 heterocycles. The summed E-state index contributed by atoms with van der Waals surface area (Å²) in [5.74, 6) is 0.861. The van der Waals surface area contributed by atoms with E-state index in [9.17, 15) is 0 Å². The van der Waals surface area contributed by atoms with Crippen molar-refractivity contribution in [3.05, 3.63) is 40.3 Å². The standard InChI is InChI=1S/C15H21N3OS/c1-3-10-16-13(4-2)15-18-17-14(20-15)11-19-12-8-6-5-7-9-12/h5-9,13,16H,3-4,10-11H2,1-2H3. The SMILES string of the molecule is CCCNC(CC)c1nnc(COc2ccccc2)s1. The van der Waals surface area contributed by atoms with Crippen molar-refractivity contribution < 1.29 is 4.74 Å². The lowest BCUT2D eigenvalue weighted by Gasteiger charge is -2.12. The average molecular weight is 291 g/mol. The van der Waals surface area contributed by atoms with E-state index in [1.54, 1.807) is 11.3 Å². The highest BCUT2D eigenvalue weighted by molar-refractivity contribution is 7.11. The molecule has 0 aliphatic heterocycles. The van der Waals surface area contributed by atoms with Crippen LogP contribution in [0.2, 0.25) is 0 Å². The summed E-state index contributed by atoms with van der Waals surface area (Å²) >= 11 is 1.63. The van der Waals surface area contributed by atoms with Gasteiger partial charge in [0.1, 0.15) is 17.4 Å². The maximum Gasteiger partial charge on any atom is 0.155 e. The zero-order chi connectivity index (χ0) is 14.2. The van der Waals surface area contributed by atoms with E-state index in [0.717, 1.165) is 35.2 Å². The van der Waals surface area contributed by atoms with Crippen molar-refractivity contribution in [2.45, 2.75) is 39.3 Å². The lowest BCUT2D eigenvalue weighted by Crippen LogP contribution is -2.21. The molecular weight excluding hydrogens is 270 g/mol. The van der Waals surface area contributed by atoms with Gasteiger partial charge in [-0.15, -0.1) is 10.2 Å². The van der Waals surface area contributed by atoms with E-state index in [1.165, 1.54) is 0 Å². The van der Waals surface area contributed by atoms with Crippen LogP contribution in [-0.4, -0.2) is 16.7 Å². The normalized spacial score (nSPS) is 12.3. The first-order valence-corrected chi connectivity index (χ1v) is 7.88. The van der Waals surface area contributed by atoms with Gasteiger partial charge in [0.05, 0.1) is 6.04 Å². The minimum absolute atomic E-state index is 0.304. The zero-order valence-electron chi connectivity index (χ0n) is 12.0. The van der Waals surface area contributed by atoms with E-state index < -0.39 is 0 Å². The summed E-state index contributed by atoms with van der Waals surface area (Å²) in [6.45, 7) is 5.81. The van der Waals surface area contributed by atoms with Crippen molar-refractivity contribution >= 4 is 11.3 Å². The predicted octanol–water partition coefficient (Wildman–Crippen LogP) is 3.57. The summed E-state index contributed by atoms with van der Waals surface area (Å²) in [6, 6.07) is 10.1. The molecule has 0 saturated heterocycles. The number of nitrogens with zero attached hydrogens (tertiary/aromatic N) is 2. The first kappa shape index (κ1) is 14.9. The molecule has 20 heavy (non-hydrogen) atoms. The van der Waals surface area contributed by atoms with E-state index in [2.05, 4.69) is 29.4 Å². The van der Waals surface area contributed by atoms with Gasteiger partial charge in [0.15, 0.2) is 5.01 Å². The van der Waals surface area contributed by atoms with Gasteiger partial charge in [0, 0.05) is 0 Å². The van der Waals surface area contributed by atoms with Gasteiger partial charge in [-0.3, -0.25) is 0 Å². The van der Waals surface area contributed by atoms with Crippen LogP contribution in [0.5, 0.6) is 5.75 Å². The minimum Gasteiger partial charge on any atom is -0.486 e. The number of benzene rings is 1. The maximum atomic E-state index is 5.69. The van der Waals surface area contributed by atoms with Crippen LogP contribution in [0.1, 0.15) is 42.7 Å². The van der Waals surface area contributed by atoms with E-state index in [-0.39, 0.29) is 0 Å². The predicted molar refractivity (Wildman–Crippen MR) is 82.0 cm³/mol. The summed E-state index contributed by atoms with van der Waals surface area (Å²) < 4.78 is 5.69. The van der Waals surface area contributed by atoms with Crippen molar-refractivity contribution in [3.8, 4) is 5.75 Å². The highest BCUT2D eigenvalue weighted by Gasteiger charge is 2.14. The topological polar surface area (TPSA) is 47.0 Å². The van der Waals surface area contributed by atoms with Gasteiger partial charge in [0.2, 0.25) is 0 Å². The fourth-order valence-corrected chi connectivity index (χ4v) is 2.77. The Hall–Kier alpha value is -1.46. The van der Waals surface area contributed by atoms with Crippen molar-refractivity contribution in [2.24, 2.45) is 0 Å². The molecule has 0 radical (unpaired) electrons. The molecule has 1 aromatic carbocycles. The van der Waals surface area contributed by atoms with Crippen molar-refractivity contribution in [1.29, 1.82) is 0 Å². The molecule has 0 aliphatic rings. The lowest BCUT2D eigenvalue weighted by molar-refractivity contribution is 0.304. The van der Waals surface area contributed by atoms with Gasteiger partial charge in [-0.2, -0.15) is 0 Å². The molecule has 1 aromatic heterocycles. The average Bonchev–Trinajstić information content (AvgIpc) is 2.96. The van der Waals surface area contributed by atoms with Crippen LogP contribution in [0, 0.1) is 0 Å². The molecule has 0 aliphatic carbocycles.